The van der Waals surface area contributed by atoms with Gasteiger partial charge in [-0.05, 0) is 55.5 Å². The van der Waals surface area contributed by atoms with Crippen molar-refractivity contribution in [2.45, 2.75) is 13.3 Å². The largest absolute Gasteiger partial charge is 0.399 e. The summed E-state index contributed by atoms with van der Waals surface area (Å²) in [6, 6.07) is 17.3. The van der Waals surface area contributed by atoms with Crippen LogP contribution < -0.4 is 10.6 Å². The number of hydrogen-bond acceptors (Lipinski definition) is 5. The fourth-order valence-electron chi connectivity index (χ4n) is 2.04. The molecule has 2 aromatic rings. The van der Waals surface area contributed by atoms with E-state index in [1.807, 2.05) is 36.4 Å². The molecule has 0 atom stereocenters. The fraction of sp³-hybridized carbons (Fsp3) is 0.235. The van der Waals surface area contributed by atoms with Crippen LogP contribution in [0.15, 0.2) is 58.8 Å². The van der Waals surface area contributed by atoms with Crippen molar-refractivity contribution in [1.82, 2.24) is 0 Å². The predicted octanol–water partition coefficient (Wildman–Crippen LogP) is 4.42. The molecule has 5 nitrogen and oxygen atoms in total. The van der Waals surface area contributed by atoms with Gasteiger partial charge in [0.2, 0.25) is 0 Å². The van der Waals surface area contributed by atoms with Crippen molar-refractivity contribution >= 4 is 22.7 Å². The molecule has 22 heavy (non-hydrogen) atoms. The Morgan fingerprint density at radius 1 is 1.00 bits per heavy atom. The first-order chi connectivity index (χ1) is 10.7. The Kier molecular flexibility index (Phi) is 5.50. The number of nitrogens with two attached hydrogens (primary N) is 1. The molecule has 0 radical (unpaired) electrons. The molecule has 2 aromatic carbocycles. The van der Waals surface area contributed by atoms with Gasteiger partial charge in [-0.25, -0.2) is 0 Å². The van der Waals surface area contributed by atoms with E-state index in [1.165, 1.54) is 0 Å². The lowest BCUT2D eigenvalue weighted by Crippen LogP contribution is -2.23. The number of anilines is 2. The second kappa shape index (κ2) is 7.79. The van der Waals surface area contributed by atoms with Crippen LogP contribution in [0, 0.1) is 11.3 Å². The predicted molar refractivity (Wildman–Crippen MR) is 89.6 cm³/mol. The molecule has 0 heterocycles. The summed E-state index contributed by atoms with van der Waals surface area (Å²) >= 11 is 0. The molecular weight excluding hydrogens is 274 g/mol. The van der Waals surface area contributed by atoms with Crippen molar-refractivity contribution in [3.8, 4) is 6.07 Å². The number of nitriles is 1. The standard InChI is InChI=1S/C17H19N5/c1-2-22(13-3-12-18)17-10-8-16(9-11-17)21-20-15-6-4-14(19)5-7-15/h4-11H,2-3,13,19H2,1H3. The highest BCUT2D eigenvalue weighted by Gasteiger charge is 2.03. The van der Waals surface area contributed by atoms with Gasteiger partial charge in [0.05, 0.1) is 23.9 Å². The van der Waals surface area contributed by atoms with Crippen molar-refractivity contribution in [1.29, 1.82) is 5.26 Å². The Balaban J connectivity index is 2.05. The molecule has 2 N–H and O–H groups in total. The second-order valence-electron chi connectivity index (χ2n) is 4.80. The van der Waals surface area contributed by atoms with Gasteiger partial charge in [0.15, 0.2) is 0 Å². The summed E-state index contributed by atoms with van der Waals surface area (Å²) < 4.78 is 0. The molecule has 0 bridgehead atoms. The highest BCUT2D eigenvalue weighted by molar-refractivity contribution is 5.53. The van der Waals surface area contributed by atoms with Gasteiger partial charge in [0.25, 0.3) is 0 Å². The van der Waals surface area contributed by atoms with Crippen molar-refractivity contribution in [3.05, 3.63) is 48.5 Å². The number of nitrogen functional groups attached to an aromatic ring is 1. The summed E-state index contributed by atoms with van der Waals surface area (Å²) in [5.41, 5.74) is 8.98. The molecule has 0 unspecified atom stereocenters. The molecule has 5 heteroatoms. The Morgan fingerprint density at radius 2 is 1.55 bits per heavy atom. The third kappa shape index (κ3) is 4.32. The van der Waals surface area contributed by atoms with E-state index in [0.717, 1.165) is 30.2 Å². The zero-order valence-corrected chi connectivity index (χ0v) is 12.6. The average Bonchev–Trinajstić information content (AvgIpc) is 2.56. The summed E-state index contributed by atoms with van der Waals surface area (Å²) in [7, 11) is 0. The highest BCUT2D eigenvalue weighted by Crippen LogP contribution is 2.22. The van der Waals surface area contributed by atoms with Crippen LogP contribution in [0.4, 0.5) is 22.7 Å². The molecule has 0 aliphatic carbocycles. The molecule has 0 aliphatic heterocycles. The SMILES string of the molecule is CCN(CCC#N)c1ccc(N=Nc2ccc(N)cc2)cc1. The number of azo groups is 1. The van der Waals surface area contributed by atoms with Crippen molar-refractivity contribution in [2.75, 3.05) is 23.7 Å². The molecule has 0 amide bonds. The molecule has 0 aliphatic rings. The van der Waals surface area contributed by atoms with Gasteiger partial charge < -0.3 is 10.6 Å². The number of nitrogens with zero attached hydrogens (tertiary/aromatic N) is 4. The molecule has 2 rings (SSSR count). The molecule has 0 aromatic heterocycles. The van der Waals surface area contributed by atoms with E-state index in [9.17, 15) is 0 Å². The maximum atomic E-state index is 8.69. The fourth-order valence-corrected chi connectivity index (χ4v) is 2.04. The maximum absolute atomic E-state index is 8.69. The van der Waals surface area contributed by atoms with Crippen LogP contribution in [0.3, 0.4) is 0 Å². The smallest absolute Gasteiger partial charge is 0.0858 e. The second-order valence-corrected chi connectivity index (χ2v) is 4.80. The number of benzene rings is 2. The van der Waals surface area contributed by atoms with Gasteiger partial charge in [0.1, 0.15) is 0 Å². The minimum atomic E-state index is 0.520. The monoisotopic (exact) mass is 293 g/mol. The Hall–Kier alpha value is -2.87. The molecule has 0 saturated heterocycles. The quantitative estimate of drug-likeness (QED) is 0.632. The lowest BCUT2D eigenvalue weighted by Gasteiger charge is -2.21. The van der Waals surface area contributed by atoms with E-state index >= 15 is 0 Å². The average molecular weight is 293 g/mol. The van der Waals surface area contributed by atoms with Crippen molar-refractivity contribution in [2.24, 2.45) is 10.2 Å². The van der Waals surface area contributed by atoms with Gasteiger partial charge in [0, 0.05) is 24.5 Å². The Morgan fingerprint density at radius 3 is 2.05 bits per heavy atom. The van der Waals surface area contributed by atoms with Gasteiger partial charge >= 0.3 is 0 Å². The topological polar surface area (TPSA) is 77.8 Å². The molecular formula is C17H19N5. The minimum Gasteiger partial charge on any atom is -0.399 e. The van der Waals surface area contributed by atoms with Crippen LogP contribution in [-0.2, 0) is 0 Å². The lowest BCUT2D eigenvalue weighted by molar-refractivity contribution is 0.827. The summed E-state index contributed by atoms with van der Waals surface area (Å²) in [4.78, 5) is 2.16. The summed E-state index contributed by atoms with van der Waals surface area (Å²) in [5.74, 6) is 0. The van der Waals surface area contributed by atoms with Crippen molar-refractivity contribution in [3.63, 3.8) is 0 Å². The van der Waals surface area contributed by atoms with Gasteiger partial charge in [-0.1, -0.05) is 0 Å². The van der Waals surface area contributed by atoms with Crippen LogP contribution in [0.25, 0.3) is 0 Å². The third-order valence-electron chi connectivity index (χ3n) is 3.26. The van der Waals surface area contributed by atoms with Gasteiger partial charge in [-0.3, -0.25) is 0 Å². The molecule has 112 valence electrons. The molecule has 0 fully saturated rings. The van der Waals surface area contributed by atoms with E-state index in [0.29, 0.717) is 12.1 Å². The van der Waals surface area contributed by atoms with Crippen molar-refractivity contribution < 1.29 is 0 Å². The third-order valence-corrected chi connectivity index (χ3v) is 3.26. The number of rotatable bonds is 6. The van der Waals surface area contributed by atoms with Crippen LogP contribution in [-0.4, -0.2) is 13.1 Å². The summed E-state index contributed by atoms with van der Waals surface area (Å²) in [5, 5.41) is 17.1. The van der Waals surface area contributed by atoms with Crippen LogP contribution in [0.2, 0.25) is 0 Å². The molecule has 0 spiro atoms. The minimum absolute atomic E-state index is 0.520. The van der Waals surface area contributed by atoms with Crippen LogP contribution in [0.5, 0.6) is 0 Å². The normalized spacial score (nSPS) is 10.5. The van der Waals surface area contributed by atoms with Crippen LogP contribution >= 0.6 is 0 Å². The lowest BCUT2D eigenvalue weighted by atomic mass is 10.2. The molecule has 0 saturated carbocycles. The van der Waals surface area contributed by atoms with Gasteiger partial charge in [-0.2, -0.15) is 15.5 Å². The van der Waals surface area contributed by atoms with E-state index in [-0.39, 0.29) is 0 Å². The summed E-state index contributed by atoms with van der Waals surface area (Å²) in [6.07, 6.45) is 0.520. The van der Waals surface area contributed by atoms with E-state index in [2.05, 4.69) is 28.1 Å². The Labute approximate surface area is 130 Å². The van der Waals surface area contributed by atoms with E-state index in [4.69, 9.17) is 11.0 Å². The first kappa shape index (κ1) is 15.5. The first-order valence-corrected chi connectivity index (χ1v) is 7.22. The van der Waals surface area contributed by atoms with Crippen LogP contribution in [0.1, 0.15) is 13.3 Å². The zero-order valence-electron chi connectivity index (χ0n) is 12.6. The van der Waals surface area contributed by atoms with E-state index < -0.39 is 0 Å². The van der Waals surface area contributed by atoms with Gasteiger partial charge in [-0.15, -0.1) is 0 Å². The highest BCUT2D eigenvalue weighted by atomic mass is 15.1. The zero-order chi connectivity index (χ0) is 15.8. The van der Waals surface area contributed by atoms with E-state index in [1.54, 1.807) is 12.1 Å². The number of hydrogen-bond donors (Lipinski definition) is 1. The Bertz CT molecular complexity index is 653. The maximum Gasteiger partial charge on any atom is 0.0858 e. The summed E-state index contributed by atoms with van der Waals surface area (Å²) in [6.45, 7) is 3.68. The first-order valence-electron chi connectivity index (χ1n) is 7.22.